The van der Waals surface area contributed by atoms with E-state index >= 15 is 0 Å². The second kappa shape index (κ2) is 7.38. The van der Waals surface area contributed by atoms with Crippen molar-refractivity contribution in [2.75, 3.05) is 26.2 Å². The Morgan fingerprint density at radius 3 is 2.47 bits per heavy atom. The molecule has 0 aromatic rings. The number of hydrogen-bond donors (Lipinski definition) is 1. The topological polar surface area (TPSA) is 15.3 Å². The number of hydrogen-bond acceptors (Lipinski definition) is 2. The van der Waals surface area contributed by atoms with Crippen molar-refractivity contribution in [3.8, 4) is 0 Å². The number of nitrogens with one attached hydrogen (secondary N) is 1. The Bertz CT molecular complexity index is 199. The molecule has 0 bridgehead atoms. The van der Waals surface area contributed by atoms with Crippen LogP contribution >= 0.6 is 0 Å². The summed E-state index contributed by atoms with van der Waals surface area (Å²) < 4.78 is 0. The predicted molar refractivity (Wildman–Crippen MR) is 76.4 cm³/mol. The lowest BCUT2D eigenvalue weighted by atomic mass is 9.82. The zero-order chi connectivity index (χ0) is 12.7. The average molecular weight is 240 g/mol. The molecule has 1 atom stereocenters. The van der Waals surface area contributed by atoms with E-state index < -0.39 is 0 Å². The first-order valence-electron chi connectivity index (χ1n) is 7.62. The quantitative estimate of drug-likeness (QED) is 0.655. The summed E-state index contributed by atoms with van der Waals surface area (Å²) >= 11 is 0. The largest absolute Gasteiger partial charge is 0.317 e. The lowest BCUT2D eigenvalue weighted by Gasteiger charge is -2.29. The average Bonchev–Trinajstić information content (AvgIpc) is 2.79. The second-order valence-electron chi connectivity index (χ2n) is 5.77. The Hall–Kier alpha value is -0.0800. The van der Waals surface area contributed by atoms with Gasteiger partial charge in [-0.05, 0) is 64.1 Å². The van der Waals surface area contributed by atoms with Crippen molar-refractivity contribution in [2.24, 2.45) is 5.41 Å². The van der Waals surface area contributed by atoms with Gasteiger partial charge in [-0.2, -0.15) is 0 Å². The molecule has 0 spiro atoms. The van der Waals surface area contributed by atoms with Gasteiger partial charge in [-0.3, -0.25) is 0 Å². The molecular formula is C15H32N2. The minimum absolute atomic E-state index is 0.635. The summed E-state index contributed by atoms with van der Waals surface area (Å²) in [6.45, 7) is 14.3. The van der Waals surface area contributed by atoms with Crippen molar-refractivity contribution in [2.45, 2.75) is 65.8 Å². The van der Waals surface area contributed by atoms with E-state index in [0.717, 1.165) is 12.6 Å². The molecular weight excluding hydrogens is 208 g/mol. The van der Waals surface area contributed by atoms with Crippen LogP contribution in [0.2, 0.25) is 0 Å². The molecule has 1 N–H and O–H groups in total. The van der Waals surface area contributed by atoms with Crippen molar-refractivity contribution in [1.82, 2.24) is 10.2 Å². The van der Waals surface area contributed by atoms with Gasteiger partial charge >= 0.3 is 0 Å². The van der Waals surface area contributed by atoms with Crippen LogP contribution in [0.15, 0.2) is 0 Å². The van der Waals surface area contributed by atoms with Crippen molar-refractivity contribution in [1.29, 1.82) is 0 Å². The maximum absolute atomic E-state index is 3.41. The maximum Gasteiger partial charge on any atom is 0.00676 e. The highest BCUT2D eigenvalue weighted by molar-refractivity contribution is 4.89. The van der Waals surface area contributed by atoms with Crippen molar-refractivity contribution in [3.05, 3.63) is 0 Å². The molecule has 17 heavy (non-hydrogen) atoms. The molecule has 0 saturated carbocycles. The molecule has 2 nitrogen and oxygen atoms in total. The Kier molecular flexibility index (Phi) is 6.50. The van der Waals surface area contributed by atoms with Gasteiger partial charge < -0.3 is 10.2 Å². The highest BCUT2D eigenvalue weighted by atomic mass is 15.2. The van der Waals surface area contributed by atoms with Gasteiger partial charge in [0.15, 0.2) is 0 Å². The van der Waals surface area contributed by atoms with Crippen LogP contribution in [-0.2, 0) is 0 Å². The van der Waals surface area contributed by atoms with E-state index in [4.69, 9.17) is 0 Å². The van der Waals surface area contributed by atoms with Gasteiger partial charge in [-0.15, -0.1) is 0 Å². The molecule has 102 valence electrons. The van der Waals surface area contributed by atoms with E-state index in [1.807, 2.05) is 0 Å². The van der Waals surface area contributed by atoms with E-state index in [9.17, 15) is 0 Å². The second-order valence-corrected chi connectivity index (χ2v) is 5.77. The first kappa shape index (κ1) is 15.0. The smallest absolute Gasteiger partial charge is 0.00676 e. The minimum atomic E-state index is 0.635. The molecule has 1 fully saturated rings. The normalized spacial score (nSPS) is 21.9. The Morgan fingerprint density at radius 2 is 1.94 bits per heavy atom. The van der Waals surface area contributed by atoms with Crippen LogP contribution in [0.4, 0.5) is 0 Å². The molecule has 0 radical (unpaired) electrons. The molecule has 0 aromatic heterocycles. The molecule has 1 aliphatic heterocycles. The van der Waals surface area contributed by atoms with E-state index in [2.05, 4.69) is 37.9 Å². The van der Waals surface area contributed by atoms with Gasteiger partial charge in [0.05, 0.1) is 0 Å². The summed E-state index contributed by atoms with van der Waals surface area (Å²) in [6.07, 6.45) is 6.78. The lowest BCUT2D eigenvalue weighted by molar-refractivity contribution is 0.194. The molecule has 1 aliphatic rings. The number of likely N-dealkylation sites (tertiary alicyclic amines) is 1. The van der Waals surface area contributed by atoms with Crippen LogP contribution in [-0.4, -0.2) is 37.1 Å². The zero-order valence-corrected chi connectivity index (χ0v) is 12.4. The third-order valence-corrected chi connectivity index (χ3v) is 4.82. The molecule has 0 aliphatic carbocycles. The van der Waals surface area contributed by atoms with E-state index in [1.54, 1.807) is 0 Å². The first-order chi connectivity index (χ1) is 8.17. The van der Waals surface area contributed by atoms with Crippen molar-refractivity contribution >= 4 is 0 Å². The monoisotopic (exact) mass is 240 g/mol. The van der Waals surface area contributed by atoms with Crippen LogP contribution in [0.5, 0.6) is 0 Å². The Labute approximate surface area is 108 Å². The van der Waals surface area contributed by atoms with Crippen LogP contribution < -0.4 is 5.32 Å². The van der Waals surface area contributed by atoms with Gasteiger partial charge in [0.2, 0.25) is 0 Å². The van der Waals surface area contributed by atoms with Crippen LogP contribution in [0, 0.1) is 5.41 Å². The summed E-state index contributed by atoms with van der Waals surface area (Å²) in [5.74, 6) is 0. The SMILES string of the molecule is CCNCCCC(C)N1CCC(CC)(CC)C1. The fraction of sp³-hybridized carbons (Fsp3) is 1.00. The number of rotatable bonds is 8. The van der Waals surface area contributed by atoms with Crippen LogP contribution in [0.1, 0.15) is 59.8 Å². The standard InChI is InChI=1S/C15H32N2/c1-5-15(6-2)10-12-17(13-15)14(4)9-8-11-16-7-3/h14,16H,5-13H2,1-4H3. The van der Waals surface area contributed by atoms with E-state index in [1.165, 1.54) is 51.7 Å². The summed E-state index contributed by atoms with van der Waals surface area (Å²) in [6, 6.07) is 0.772. The fourth-order valence-corrected chi connectivity index (χ4v) is 3.05. The third kappa shape index (κ3) is 4.26. The van der Waals surface area contributed by atoms with Gasteiger partial charge in [0.25, 0.3) is 0 Å². The molecule has 0 amide bonds. The van der Waals surface area contributed by atoms with E-state index in [-0.39, 0.29) is 0 Å². The van der Waals surface area contributed by atoms with Gasteiger partial charge in [-0.25, -0.2) is 0 Å². The Morgan fingerprint density at radius 1 is 1.24 bits per heavy atom. The molecule has 0 aromatic carbocycles. The Balaban J connectivity index is 2.27. The predicted octanol–water partition coefficient (Wildman–Crippen LogP) is 3.28. The molecule has 1 unspecified atom stereocenters. The summed E-state index contributed by atoms with van der Waals surface area (Å²) in [5, 5.41) is 3.41. The summed E-state index contributed by atoms with van der Waals surface area (Å²) in [7, 11) is 0. The minimum Gasteiger partial charge on any atom is -0.317 e. The van der Waals surface area contributed by atoms with Crippen LogP contribution in [0.3, 0.4) is 0 Å². The van der Waals surface area contributed by atoms with Gasteiger partial charge in [0.1, 0.15) is 0 Å². The zero-order valence-electron chi connectivity index (χ0n) is 12.4. The summed E-state index contributed by atoms with van der Waals surface area (Å²) in [5.41, 5.74) is 0.635. The maximum atomic E-state index is 3.41. The van der Waals surface area contributed by atoms with Crippen molar-refractivity contribution in [3.63, 3.8) is 0 Å². The number of nitrogens with zero attached hydrogens (tertiary/aromatic N) is 1. The molecule has 1 rings (SSSR count). The van der Waals surface area contributed by atoms with Gasteiger partial charge in [0, 0.05) is 12.6 Å². The lowest BCUT2D eigenvalue weighted by Crippen LogP contribution is -2.34. The van der Waals surface area contributed by atoms with Crippen molar-refractivity contribution < 1.29 is 0 Å². The highest BCUT2D eigenvalue weighted by Gasteiger charge is 2.36. The molecule has 1 heterocycles. The highest BCUT2D eigenvalue weighted by Crippen LogP contribution is 2.38. The first-order valence-corrected chi connectivity index (χ1v) is 7.62. The summed E-state index contributed by atoms with van der Waals surface area (Å²) in [4.78, 5) is 2.72. The molecule has 1 saturated heterocycles. The fourth-order valence-electron chi connectivity index (χ4n) is 3.05. The van der Waals surface area contributed by atoms with E-state index in [0.29, 0.717) is 5.41 Å². The van der Waals surface area contributed by atoms with Gasteiger partial charge in [-0.1, -0.05) is 20.8 Å². The molecule has 2 heteroatoms. The third-order valence-electron chi connectivity index (χ3n) is 4.82. The van der Waals surface area contributed by atoms with Crippen LogP contribution in [0.25, 0.3) is 0 Å².